The minimum atomic E-state index is -1.19. The van der Waals surface area contributed by atoms with E-state index in [9.17, 15) is 13.6 Å². The molecule has 0 radical (unpaired) electrons. The van der Waals surface area contributed by atoms with Gasteiger partial charge in [-0.2, -0.15) is 4.39 Å². The summed E-state index contributed by atoms with van der Waals surface area (Å²) in [7, 11) is 0. The molecule has 2 aromatic carbocycles. The average molecular weight is 342 g/mol. The lowest BCUT2D eigenvalue weighted by atomic mass is 10.2. The number of nitrogens with zero attached hydrogens (tertiary/aromatic N) is 2. The fourth-order valence-electron chi connectivity index (χ4n) is 2.06. The topological polar surface area (TPSA) is 90.1 Å². The molecule has 0 saturated carbocycles. The SMILES string of the molecule is Nc1cccc(C(=O)Nc2cc(F)c(F)c(Oc3cncnc3)c2)c1. The lowest BCUT2D eigenvalue weighted by Gasteiger charge is -2.10. The maximum absolute atomic E-state index is 13.9. The van der Waals surface area contributed by atoms with Crippen molar-refractivity contribution in [3.63, 3.8) is 0 Å². The van der Waals surface area contributed by atoms with E-state index in [0.717, 1.165) is 12.1 Å². The van der Waals surface area contributed by atoms with Crippen molar-refractivity contribution in [2.24, 2.45) is 0 Å². The predicted molar refractivity (Wildman–Crippen MR) is 87.3 cm³/mol. The number of halogens is 2. The fraction of sp³-hybridized carbons (Fsp3) is 0. The Bertz CT molecular complexity index is 920. The van der Waals surface area contributed by atoms with Gasteiger partial charge in [0.25, 0.3) is 5.91 Å². The summed E-state index contributed by atoms with van der Waals surface area (Å²) in [5.74, 6) is -3.16. The summed E-state index contributed by atoms with van der Waals surface area (Å²) in [6.07, 6.45) is 3.86. The Balaban J connectivity index is 1.86. The Morgan fingerprint density at radius 3 is 2.60 bits per heavy atom. The molecule has 0 spiro atoms. The number of hydrogen-bond donors (Lipinski definition) is 2. The molecule has 0 aliphatic carbocycles. The van der Waals surface area contributed by atoms with Gasteiger partial charge in [-0.15, -0.1) is 0 Å². The molecule has 1 aromatic heterocycles. The van der Waals surface area contributed by atoms with Crippen molar-refractivity contribution in [2.75, 3.05) is 11.1 Å². The van der Waals surface area contributed by atoms with Crippen LogP contribution in [0.4, 0.5) is 20.2 Å². The van der Waals surface area contributed by atoms with Crippen molar-refractivity contribution in [2.45, 2.75) is 0 Å². The summed E-state index contributed by atoms with van der Waals surface area (Å²) in [5.41, 5.74) is 6.34. The molecule has 3 aromatic rings. The van der Waals surface area contributed by atoms with Crippen molar-refractivity contribution in [1.82, 2.24) is 9.97 Å². The summed E-state index contributed by atoms with van der Waals surface area (Å²) in [5, 5.41) is 2.47. The number of carbonyl (C=O) groups excluding carboxylic acids is 1. The smallest absolute Gasteiger partial charge is 0.255 e. The summed E-state index contributed by atoms with van der Waals surface area (Å²) in [6.45, 7) is 0. The van der Waals surface area contributed by atoms with Crippen LogP contribution in [-0.2, 0) is 0 Å². The van der Waals surface area contributed by atoms with E-state index in [1.807, 2.05) is 0 Å². The van der Waals surface area contributed by atoms with E-state index >= 15 is 0 Å². The van der Waals surface area contributed by atoms with Crippen molar-refractivity contribution < 1.29 is 18.3 Å². The number of rotatable bonds is 4. The highest BCUT2D eigenvalue weighted by atomic mass is 19.2. The summed E-state index contributed by atoms with van der Waals surface area (Å²) >= 11 is 0. The molecule has 3 N–H and O–H groups in total. The zero-order chi connectivity index (χ0) is 17.8. The third-order valence-electron chi connectivity index (χ3n) is 3.17. The van der Waals surface area contributed by atoms with Crippen LogP contribution >= 0.6 is 0 Å². The lowest BCUT2D eigenvalue weighted by molar-refractivity contribution is 0.102. The van der Waals surface area contributed by atoms with Crippen molar-refractivity contribution in [3.8, 4) is 11.5 Å². The van der Waals surface area contributed by atoms with Gasteiger partial charge in [0.15, 0.2) is 17.3 Å². The number of carbonyl (C=O) groups is 1. The normalized spacial score (nSPS) is 10.3. The van der Waals surface area contributed by atoms with Gasteiger partial charge in [-0.05, 0) is 18.2 Å². The Labute approximate surface area is 141 Å². The molecule has 0 atom stereocenters. The van der Waals surface area contributed by atoms with E-state index in [1.165, 1.54) is 24.8 Å². The zero-order valence-electron chi connectivity index (χ0n) is 12.7. The molecule has 0 bridgehead atoms. The summed E-state index contributed by atoms with van der Waals surface area (Å²) in [6, 6.07) is 8.27. The number of aromatic nitrogens is 2. The van der Waals surface area contributed by atoms with Gasteiger partial charge in [0.05, 0.1) is 12.4 Å². The number of ether oxygens (including phenoxy) is 1. The Hall–Kier alpha value is -3.55. The number of hydrogen-bond acceptors (Lipinski definition) is 5. The highest BCUT2D eigenvalue weighted by Gasteiger charge is 2.15. The van der Waals surface area contributed by atoms with E-state index in [4.69, 9.17) is 10.5 Å². The minimum Gasteiger partial charge on any atom is -0.451 e. The second-order valence-electron chi connectivity index (χ2n) is 5.03. The Morgan fingerprint density at radius 1 is 1.12 bits per heavy atom. The molecule has 25 heavy (non-hydrogen) atoms. The molecule has 0 unspecified atom stereocenters. The Kier molecular flexibility index (Phi) is 4.51. The molecule has 0 saturated heterocycles. The van der Waals surface area contributed by atoms with Gasteiger partial charge in [0.1, 0.15) is 6.33 Å². The zero-order valence-corrected chi connectivity index (χ0v) is 12.7. The van der Waals surface area contributed by atoms with Crippen molar-refractivity contribution in [3.05, 3.63) is 72.3 Å². The van der Waals surface area contributed by atoms with Gasteiger partial charge in [0, 0.05) is 29.1 Å². The van der Waals surface area contributed by atoms with Crippen LogP contribution in [0.1, 0.15) is 10.4 Å². The number of nitrogen functional groups attached to an aromatic ring is 1. The number of nitrogens with two attached hydrogens (primary N) is 1. The molecule has 126 valence electrons. The molecule has 1 amide bonds. The van der Waals surface area contributed by atoms with Gasteiger partial charge in [-0.25, -0.2) is 14.4 Å². The quantitative estimate of drug-likeness (QED) is 0.710. The monoisotopic (exact) mass is 342 g/mol. The molecule has 3 rings (SSSR count). The standard InChI is InChI=1S/C17H12F2N4O2/c18-14-5-12(23-17(24)10-2-1-3-11(20)4-10)6-15(16(14)19)25-13-7-21-9-22-8-13/h1-9H,20H2,(H,23,24). The van der Waals surface area contributed by atoms with Crippen LogP contribution in [0.2, 0.25) is 0 Å². The lowest BCUT2D eigenvalue weighted by Crippen LogP contribution is -2.12. The van der Waals surface area contributed by atoms with E-state index in [0.29, 0.717) is 5.69 Å². The van der Waals surface area contributed by atoms with E-state index in [2.05, 4.69) is 15.3 Å². The first-order valence-electron chi connectivity index (χ1n) is 7.12. The highest BCUT2D eigenvalue weighted by molar-refractivity contribution is 6.04. The minimum absolute atomic E-state index is 0.0261. The van der Waals surface area contributed by atoms with Gasteiger partial charge < -0.3 is 15.8 Å². The molecular weight excluding hydrogens is 330 g/mol. The number of nitrogens with one attached hydrogen (secondary N) is 1. The third kappa shape index (κ3) is 3.86. The molecule has 8 heteroatoms. The molecule has 6 nitrogen and oxygen atoms in total. The molecule has 0 fully saturated rings. The van der Waals surface area contributed by atoms with E-state index < -0.39 is 23.3 Å². The highest BCUT2D eigenvalue weighted by Crippen LogP contribution is 2.29. The van der Waals surface area contributed by atoms with Gasteiger partial charge in [-0.3, -0.25) is 4.79 Å². The largest absolute Gasteiger partial charge is 0.451 e. The Morgan fingerprint density at radius 2 is 1.88 bits per heavy atom. The maximum atomic E-state index is 13.9. The number of benzene rings is 2. The maximum Gasteiger partial charge on any atom is 0.255 e. The molecule has 1 heterocycles. The predicted octanol–water partition coefficient (Wildman–Crippen LogP) is 3.38. The second kappa shape index (κ2) is 6.91. The van der Waals surface area contributed by atoms with Crippen LogP contribution in [0.25, 0.3) is 0 Å². The average Bonchev–Trinajstić information content (AvgIpc) is 2.60. The van der Waals surface area contributed by atoms with E-state index in [1.54, 1.807) is 18.2 Å². The molecular formula is C17H12F2N4O2. The van der Waals surface area contributed by atoms with Gasteiger partial charge >= 0.3 is 0 Å². The summed E-state index contributed by atoms with van der Waals surface area (Å²) in [4.78, 5) is 19.6. The second-order valence-corrected chi connectivity index (χ2v) is 5.03. The van der Waals surface area contributed by atoms with E-state index in [-0.39, 0.29) is 17.0 Å². The molecule has 0 aliphatic heterocycles. The fourth-order valence-corrected chi connectivity index (χ4v) is 2.06. The first-order valence-corrected chi connectivity index (χ1v) is 7.12. The summed E-state index contributed by atoms with van der Waals surface area (Å²) < 4.78 is 32.9. The van der Waals surface area contributed by atoms with Crippen LogP contribution in [-0.4, -0.2) is 15.9 Å². The van der Waals surface area contributed by atoms with Crippen molar-refractivity contribution in [1.29, 1.82) is 0 Å². The van der Waals surface area contributed by atoms with Crippen LogP contribution in [0.3, 0.4) is 0 Å². The third-order valence-corrected chi connectivity index (χ3v) is 3.17. The first-order chi connectivity index (χ1) is 12.0. The van der Waals surface area contributed by atoms with Crippen molar-refractivity contribution >= 4 is 17.3 Å². The van der Waals surface area contributed by atoms with Crippen LogP contribution < -0.4 is 15.8 Å². The first kappa shape index (κ1) is 16.3. The van der Waals surface area contributed by atoms with Crippen LogP contribution in [0.5, 0.6) is 11.5 Å². The molecule has 0 aliphatic rings. The van der Waals surface area contributed by atoms with Crippen LogP contribution in [0.15, 0.2) is 55.1 Å². The van der Waals surface area contributed by atoms with Gasteiger partial charge in [-0.1, -0.05) is 6.07 Å². The number of anilines is 2. The number of amides is 1. The van der Waals surface area contributed by atoms with Crippen LogP contribution in [0, 0.1) is 11.6 Å². The van der Waals surface area contributed by atoms with Gasteiger partial charge in [0.2, 0.25) is 5.82 Å².